The first kappa shape index (κ1) is 19.9. The molecule has 1 aromatic heterocycles. The number of hydrogen-bond acceptors (Lipinski definition) is 4. The Morgan fingerprint density at radius 3 is 2.59 bits per heavy atom. The highest BCUT2D eigenvalue weighted by molar-refractivity contribution is 6.14. The minimum Gasteiger partial charge on any atom is -0.504 e. The van der Waals surface area contributed by atoms with Gasteiger partial charge in [-0.05, 0) is 55.8 Å². The van der Waals surface area contributed by atoms with E-state index in [1.165, 1.54) is 31.4 Å². The lowest BCUT2D eigenvalue weighted by Gasteiger charge is -2.10. The van der Waals surface area contributed by atoms with Crippen molar-refractivity contribution in [3.8, 4) is 23.3 Å². The van der Waals surface area contributed by atoms with Crippen LogP contribution in [0.2, 0.25) is 0 Å². The average Bonchev–Trinajstić information content (AvgIpc) is 3.01. The smallest absolute Gasteiger partial charge is 0.205 e. The molecule has 0 aliphatic carbocycles. The number of para-hydroxylation sites is 1. The van der Waals surface area contributed by atoms with Crippen molar-refractivity contribution in [3.05, 3.63) is 82.4 Å². The molecule has 29 heavy (non-hydrogen) atoms. The summed E-state index contributed by atoms with van der Waals surface area (Å²) in [5.41, 5.74) is 2.34. The molecule has 0 aliphatic rings. The fraction of sp³-hybridized carbons (Fsp3) is 0.130. The van der Waals surface area contributed by atoms with Crippen LogP contribution >= 0.6 is 0 Å². The van der Waals surface area contributed by atoms with Crippen LogP contribution in [0.4, 0.5) is 4.39 Å². The minimum absolute atomic E-state index is 0.0390. The summed E-state index contributed by atoms with van der Waals surface area (Å²) in [7, 11) is 1.41. The number of aryl methyl sites for hydroxylation is 1. The van der Waals surface area contributed by atoms with Crippen molar-refractivity contribution in [1.82, 2.24) is 4.57 Å². The Bertz CT molecular complexity index is 1170. The molecule has 0 unspecified atom stereocenters. The van der Waals surface area contributed by atoms with Gasteiger partial charge in [-0.3, -0.25) is 4.79 Å². The van der Waals surface area contributed by atoms with E-state index in [0.717, 1.165) is 0 Å². The molecule has 3 rings (SSSR count). The molecule has 0 amide bonds. The summed E-state index contributed by atoms with van der Waals surface area (Å²) in [6, 6.07) is 14.4. The van der Waals surface area contributed by atoms with Gasteiger partial charge in [-0.25, -0.2) is 4.39 Å². The number of hydrogen-bond donors (Lipinski definition) is 1. The van der Waals surface area contributed by atoms with Crippen molar-refractivity contribution >= 4 is 11.9 Å². The van der Waals surface area contributed by atoms with Gasteiger partial charge in [0.25, 0.3) is 0 Å². The normalized spacial score (nSPS) is 11.2. The third-order valence-electron chi connectivity index (χ3n) is 4.65. The molecule has 0 atom stereocenters. The van der Waals surface area contributed by atoms with Gasteiger partial charge in [-0.15, -0.1) is 0 Å². The number of carbonyl (C=O) groups excluding carboxylic acids is 1. The lowest BCUT2D eigenvalue weighted by atomic mass is 10.0. The largest absolute Gasteiger partial charge is 0.504 e. The molecular formula is C23H19FN2O3. The van der Waals surface area contributed by atoms with Gasteiger partial charge in [0.05, 0.1) is 12.8 Å². The Morgan fingerprint density at radius 1 is 1.21 bits per heavy atom. The highest BCUT2D eigenvalue weighted by Crippen LogP contribution is 2.28. The fourth-order valence-electron chi connectivity index (χ4n) is 3.24. The molecule has 0 saturated carbocycles. The van der Waals surface area contributed by atoms with E-state index < -0.39 is 11.6 Å². The number of aromatic nitrogens is 1. The number of nitrogens with zero attached hydrogens (tertiary/aromatic N) is 2. The molecule has 3 aromatic rings. The van der Waals surface area contributed by atoms with Gasteiger partial charge in [-0.1, -0.05) is 18.2 Å². The molecule has 0 saturated heterocycles. The quantitative estimate of drug-likeness (QED) is 0.388. The third-order valence-corrected chi connectivity index (χ3v) is 4.65. The number of rotatable bonds is 5. The molecule has 0 radical (unpaired) electrons. The van der Waals surface area contributed by atoms with Crippen molar-refractivity contribution in [3.63, 3.8) is 0 Å². The van der Waals surface area contributed by atoms with Crippen LogP contribution in [0.1, 0.15) is 27.3 Å². The standard InChI is InChI=1S/C23H19FN2O3/c1-14-10-18(15(2)26(14)20-7-5-4-6-19(20)24)23(28)17(13-25)11-16-8-9-21(27)22(12-16)29-3/h4-12,27H,1-3H3. The van der Waals surface area contributed by atoms with Crippen LogP contribution in [0.15, 0.2) is 54.1 Å². The molecule has 0 aliphatic heterocycles. The van der Waals surface area contributed by atoms with E-state index in [9.17, 15) is 19.6 Å². The van der Waals surface area contributed by atoms with Crippen LogP contribution in [-0.4, -0.2) is 22.6 Å². The Hall–Kier alpha value is -3.85. The van der Waals surface area contributed by atoms with E-state index in [0.29, 0.717) is 28.2 Å². The predicted octanol–water partition coefficient (Wildman–Crippen LogP) is 4.74. The molecule has 0 fully saturated rings. The van der Waals surface area contributed by atoms with Gasteiger partial charge < -0.3 is 14.4 Å². The number of carbonyl (C=O) groups is 1. The second-order valence-electron chi connectivity index (χ2n) is 6.50. The number of methoxy groups -OCH3 is 1. The van der Waals surface area contributed by atoms with Crippen LogP contribution in [0.3, 0.4) is 0 Å². The van der Waals surface area contributed by atoms with Gasteiger partial charge >= 0.3 is 0 Å². The van der Waals surface area contributed by atoms with Crippen LogP contribution in [-0.2, 0) is 0 Å². The molecule has 5 nitrogen and oxygen atoms in total. The van der Waals surface area contributed by atoms with Gasteiger partial charge in [0.1, 0.15) is 17.5 Å². The number of Topliss-reactive ketones (excluding diaryl/α,β-unsaturated/α-hetero) is 1. The van der Waals surface area contributed by atoms with E-state index in [4.69, 9.17) is 4.74 Å². The Balaban J connectivity index is 2.05. The monoisotopic (exact) mass is 390 g/mol. The number of halogens is 1. The minimum atomic E-state index is -0.463. The maximum Gasteiger partial charge on any atom is 0.205 e. The van der Waals surface area contributed by atoms with Crippen LogP contribution in [0.5, 0.6) is 11.5 Å². The van der Waals surface area contributed by atoms with Crippen LogP contribution in [0, 0.1) is 31.0 Å². The average molecular weight is 390 g/mol. The lowest BCUT2D eigenvalue weighted by molar-refractivity contribution is 0.103. The summed E-state index contributed by atoms with van der Waals surface area (Å²) >= 11 is 0. The van der Waals surface area contributed by atoms with E-state index in [-0.39, 0.29) is 17.1 Å². The number of phenolic OH excluding ortho intramolecular Hbond substituents is 1. The summed E-state index contributed by atoms with van der Waals surface area (Å²) in [5.74, 6) is -0.667. The molecule has 1 heterocycles. The molecule has 0 bridgehead atoms. The van der Waals surface area contributed by atoms with Crippen molar-refractivity contribution < 1.29 is 19.0 Å². The van der Waals surface area contributed by atoms with Crippen molar-refractivity contribution in [2.24, 2.45) is 0 Å². The Labute approximate surface area is 167 Å². The summed E-state index contributed by atoms with van der Waals surface area (Å²) < 4.78 is 21.0. The van der Waals surface area contributed by atoms with Gasteiger partial charge in [0, 0.05) is 17.0 Å². The first-order chi connectivity index (χ1) is 13.9. The predicted molar refractivity (Wildman–Crippen MR) is 108 cm³/mol. The van der Waals surface area contributed by atoms with Crippen molar-refractivity contribution in [2.75, 3.05) is 7.11 Å². The molecule has 2 aromatic carbocycles. The van der Waals surface area contributed by atoms with E-state index in [1.807, 2.05) is 6.07 Å². The number of nitriles is 1. The van der Waals surface area contributed by atoms with Crippen molar-refractivity contribution in [1.29, 1.82) is 5.26 Å². The highest BCUT2D eigenvalue weighted by Gasteiger charge is 2.21. The number of ketones is 1. The van der Waals surface area contributed by atoms with Crippen LogP contribution < -0.4 is 4.74 Å². The van der Waals surface area contributed by atoms with Crippen molar-refractivity contribution in [2.45, 2.75) is 13.8 Å². The second-order valence-corrected chi connectivity index (χ2v) is 6.50. The SMILES string of the molecule is COc1cc(C=C(C#N)C(=O)c2cc(C)n(-c3ccccc3F)c2C)ccc1O. The fourth-order valence-corrected chi connectivity index (χ4v) is 3.24. The Morgan fingerprint density at radius 2 is 1.93 bits per heavy atom. The van der Waals surface area contributed by atoms with E-state index in [2.05, 4.69) is 0 Å². The number of allylic oxidation sites excluding steroid dienone is 1. The third kappa shape index (κ3) is 3.76. The topological polar surface area (TPSA) is 75.2 Å². The Kier molecular flexibility index (Phi) is 5.51. The molecular weight excluding hydrogens is 371 g/mol. The molecule has 0 spiro atoms. The number of benzene rings is 2. The number of ether oxygens (including phenoxy) is 1. The lowest BCUT2D eigenvalue weighted by Crippen LogP contribution is -2.06. The van der Waals surface area contributed by atoms with Crippen LogP contribution in [0.25, 0.3) is 11.8 Å². The second kappa shape index (κ2) is 8.03. The first-order valence-electron chi connectivity index (χ1n) is 8.84. The number of phenols is 1. The maximum atomic E-state index is 14.3. The maximum absolute atomic E-state index is 14.3. The summed E-state index contributed by atoms with van der Waals surface area (Å²) in [4.78, 5) is 13.0. The summed E-state index contributed by atoms with van der Waals surface area (Å²) in [5, 5.41) is 19.2. The molecule has 146 valence electrons. The van der Waals surface area contributed by atoms with E-state index >= 15 is 0 Å². The van der Waals surface area contributed by atoms with E-state index in [1.54, 1.807) is 48.7 Å². The zero-order valence-corrected chi connectivity index (χ0v) is 16.2. The molecule has 6 heteroatoms. The molecule has 1 N–H and O–H groups in total. The first-order valence-corrected chi connectivity index (χ1v) is 8.84. The van der Waals surface area contributed by atoms with Gasteiger partial charge in [0.2, 0.25) is 5.78 Å². The zero-order chi connectivity index (χ0) is 21.1. The van der Waals surface area contributed by atoms with Gasteiger partial charge in [-0.2, -0.15) is 5.26 Å². The number of aromatic hydroxyl groups is 1. The summed E-state index contributed by atoms with van der Waals surface area (Å²) in [6.45, 7) is 3.49. The summed E-state index contributed by atoms with van der Waals surface area (Å²) in [6.07, 6.45) is 1.43. The highest BCUT2D eigenvalue weighted by atomic mass is 19.1. The zero-order valence-electron chi connectivity index (χ0n) is 16.2. The van der Waals surface area contributed by atoms with Gasteiger partial charge in [0.15, 0.2) is 11.5 Å².